The van der Waals surface area contributed by atoms with Crippen molar-refractivity contribution in [2.24, 2.45) is 0 Å². The topological polar surface area (TPSA) is 61.9 Å². The number of aryl methyl sites for hydroxylation is 2. The highest BCUT2D eigenvalue weighted by Gasteiger charge is 2.01. The van der Waals surface area contributed by atoms with E-state index in [1.807, 2.05) is 38.1 Å². The smallest absolute Gasteiger partial charge is 0.133 e. The summed E-state index contributed by atoms with van der Waals surface area (Å²) >= 11 is 0. The van der Waals surface area contributed by atoms with Crippen LogP contribution in [-0.2, 0) is 13.1 Å². The largest absolute Gasteiger partial charge is 0.361 e. The molecule has 1 heterocycles. The van der Waals surface area contributed by atoms with Gasteiger partial charge in [0.25, 0.3) is 0 Å². The SMILES string of the molecule is Cc1cc(CNCc2ccc(C#N)c(C)c2)no1. The van der Waals surface area contributed by atoms with E-state index in [0.29, 0.717) is 6.54 Å². The van der Waals surface area contributed by atoms with E-state index in [9.17, 15) is 0 Å². The van der Waals surface area contributed by atoms with Crippen molar-refractivity contribution in [2.45, 2.75) is 26.9 Å². The van der Waals surface area contributed by atoms with Gasteiger partial charge in [-0.1, -0.05) is 17.3 Å². The highest BCUT2D eigenvalue weighted by Crippen LogP contribution is 2.10. The fourth-order valence-corrected chi connectivity index (χ4v) is 1.80. The van der Waals surface area contributed by atoms with Crippen LogP contribution >= 0.6 is 0 Å². The van der Waals surface area contributed by atoms with Crippen LogP contribution in [0.25, 0.3) is 0 Å². The van der Waals surface area contributed by atoms with E-state index in [0.717, 1.165) is 34.7 Å². The van der Waals surface area contributed by atoms with Crippen LogP contribution in [0.15, 0.2) is 28.8 Å². The summed E-state index contributed by atoms with van der Waals surface area (Å²) in [5.74, 6) is 0.820. The summed E-state index contributed by atoms with van der Waals surface area (Å²) in [6, 6.07) is 9.92. The summed E-state index contributed by atoms with van der Waals surface area (Å²) in [5, 5.41) is 16.1. The highest BCUT2D eigenvalue weighted by molar-refractivity contribution is 5.39. The normalized spacial score (nSPS) is 10.3. The van der Waals surface area contributed by atoms with Crippen LogP contribution in [0.2, 0.25) is 0 Å². The van der Waals surface area contributed by atoms with Gasteiger partial charge in [-0.15, -0.1) is 0 Å². The Balaban J connectivity index is 1.91. The molecule has 0 fully saturated rings. The van der Waals surface area contributed by atoms with Crippen LogP contribution in [0.1, 0.15) is 28.1 Å². The molecule has 0 aliphatic heterocycles. The lowest BCUT2D eigenvalue weighted by atomic mass is 10.1. The molecule has 0 saturated heterocycles. The van der Waals surface area contributed by atoms with E-state index in [1.165, 1.54) is 0 Å². The fraction of sp³-hybridized carbons (Fsp3) is 0.286. The Kier molecular flexibility index (Phi) is 3.75. The summed E-state index contributed by atoms with van der Waals surface area (Å²) in [6.07, 6.45) is 0. The molecule has 0 unspecified atom stereocenters. The van der Waals surface area contributed by atoms with Crippen molar-refractivity contribution in [2.75, 3.05) is 0 Å². The van der Waals surface area contributed by atoms with Gasteiger partial charge in [-0.05, 0) is 31.0 Å². The first-order chi connectivity index (χ1) is 8.69. The molecule has 2 aromatic rings. The van der Waals surface area contributed by atoms with Gasteiger partial charge < -0.3 is 9.84 Å². The quantitative estimate of drug-likeness (QED) is 0.893. The number of benzene rings is 1. The number of aromatic nitrogens is 1. The van der Waals surface area contributed by atoms with Crippen molar-refractivity contribution >= 4 is 0 Å². The number of nitriles is 1. The van der Waals surface area contributed by atoms with Crippen molar-refractivity contribution in [3.05, 3.63) is 52.4 Å². The first-order valence-corrected chi connectivity index (χ1v) is 5.81. The lowest BCUT2D eigenvalue weighted by molar-refractivity contribution is 0.388. The Morgan fingerprint density at radius 3 is 2.72 bits per heavy atom. The third-order valence-corrected chi connectivity index (χ3v) is 2.72. The molecule has 2 rings (SSSR count). The Morgan fingerprint density at radius 1 is 1.28 bits per heavy atom. The minimum atomic E-state index is 0.677. The molecular formula is C14H15N3O. The van der Waals surface area contributed by atoms with Crippen molar-refractivity contribution in [3.8, 4) is 6.07 Å². The average Bonchev–Trinajstić information content (AvgIpc) is 2.75. The number of hydrogen-bond donors (Lipinski definition) is 1. The molecule has 0 bridgehead atoms. The minimum absolute atomic E-state index is 0.677. The second kappa shape index (κ2) is 5.48. The van der Waals surface area contributed by atoms with Gasteiger partial charge in [0.15, 0.2) is 0 Å². The lowest BCUT2D eigenvalue weighted by Crippen LogP contribution is -2.13. The van der Waals surface area contributed by atoms with Crippen LogP contribution < -0.4 is 5.32 Å². The molecule has 1 aromatic heterocycles. The molecule has 1 aromatic carbocycles. The van der Waals surface area contributed by atoms with E-state index in [2.05, 4.69) is 16.5 Å². The third kappa shape index (κ3) is 2.96. The van der Waals surface area contributed by atoms with Crippen molar-refractivity contribution < 1.29 is 4.52 Å². The predicted octanol–water partition coefficient (Wildman–Crippen LogP) is 2.45. The molecular weight excluding hydrogens is 226 g/mol. The second-order valence-electron chi connectivity index (χ2n) is 4.29. The standard InChI is InChI=1S/C14H15N3O/c1-10-5-12(3-4-13(10)7-15)8-16-9-14-6-11(2)18-17-14/h3-6,16H,8-9H2,1-2H3. The summed E-state index contributed by atoms with van der Waals surface area (Å²) in [6.45, 7) is 5.25. The zero-order chi connectivity index (χ0) is 13.0. The molecule has 0 aliphatic carbocycles. The van der Waals surface area contributed by atoms with Gasteiger partial charge in [-0.3, -0.25) is 0 Å². The molecule has 0 atom stereocenters. The molecule has 0 radical (unpaired) electrons. The van der Waals surface area contributed by atoms with Gasteiger partial charge in [-0.2, -0.15) is 5.26 Å². The van der Waals surface area contributed by atoms with Gasteiger partial charge in [-0.25, -0.2) is 0 Å². The van der Waals surface area contributed by atoms with Gasteiger partial charge >= 0.3 is 0 Å². The van der Waals surface area contributed by atoms with Crippen LogP contribution in [-0.4, -0.2) is 5.16 Å². The monoisotopic (exact) mass is 241 g/mol. The number of hydrogen-bond acceptors (Lipinski definition) is 4. The van der Waals surface area contributed by atoms with E-state index in [-0.39, 0.29) is 0 Å². The summed E-state index contributed by atoms with van der Waals surface area (Å²) in [4.78, 5) is 0. The zero-order valence-corrected chi connectivity index (χ0v) is 10.5. The fourth-order valence-electron chi connectivity index (χ4n) is 1.80. The van der Waals surface area contributed by atoms with Crippen molar-refractivity contribution in [1.82, 2.24) is 10.5 Å². The zero-order valence-electron chi connectivity index (χ0n) is 10.5. The molecule has 18 heavy (non-hydrogen) atoms. The molecule has 4 nitrogen and oxygen atoms in total. The Hall–Kier alpha value is -2.12. The molecule has 0 aliphatic rings. The van der Waals surface area contributed by atoms with Crippen LogP contribution in [0.3, 0.4) is 0 Å². The minimum Gasteiger partial charge on any atom is -0.361 e. The van der Waals surface area contributed by atoms with Crippen LogP contribution in [0, 0.1) is 25.2 Å². The molecule has 0 saturated carbocycles. The summed E-state index contributed by atoms with van der Waals surface area (Å²) < 4.78 is 4.99. The average molecular weight is 241 g/mol. The summed E-state index contributed by atoms with van der Waals surface area (Å²) in [5.41, 5.74) is 3.80. The maximum absolute atomic E-state index is 8.85. The first-order valence-electron chi connectivity index (χ1n) is 5.81. The Bertz CT molecular complexity index is 581. The molecule has 0 amide bonds. The second-order valence-corrected chi connectivity index (χ2v) is 4.29. The van der Waals surface area contributed by atoms with Crippen molar-refractivity contribution in [1.29, 1.82) is 5.26 Å². The van der Waals surface area contributed by atoms with E-state index in [4.69, 9.17) is 9.78 Å². The number of rotatable bonds is 4. The van der Waals surface area contributed by atoms with Gasteiger partial charge in [0.05, 0.1) is 17.3 Å². The van der Waals surface area contributed by atoms with Gasteiger partial charge in [0, 0.05) is 19.2 Å². The molecule has 0 spiro atoms. The predicted molar refractivity (Wildman–Crippen MR) is 67.7 cm³/mol. The Morgan fingerprint density at radius 2 is 2.11 bits per heavy atom. The third-order valence-electron chi connectivity index (χ3n) is 2.72. The highest BCUT2D eigenvalue weighted by atomic mass is 16.5. The van der Waals surface area contributed by atoms with Crippen LogP contribution in [0.4, 0.5) is 0 Å². The van der Waals surface area contributed by atoms with Gasteiger partial charge in [0.2, 0.25) is 0 Å². The number of nitrogens with one attached hydrogen (secondary N) is 1. The maximum atomic E-state index is 8.85. The Labute approximate surface area is 106 Å². The van der Waals surface area contributed by atoms with E-state index >= 15 is 0 Å². The van der Waals surface area contributed by atoms with E-state index < -0.39 is 0 Å². The molecule has 1 N–H and O–H groups in total. The van der Waals surface area contributed by atoms with Crippen molar-refractivity contribution in [3.63, 3.8) is 0 Å². The lowest BCUT2D eigenvalue weighted by Gasteiger charge is -2.05. The number of nitrogens with zero attached hydrogens (tertiary/aromatic N) is 2. The summed E-state index contributed by atoms with van der Waals surface area (Å²) in [7, 11) is 0. The first kappa shape index (κ1) is 12.3. The molecule has 92 valence electrons. The van der Waals surface area contributed by atoms with E-state index in [1.54, 1.807) is 0 Å². The van der Waals surface area contributed by atoms with Gasteiger partial charge in [0.1, 0.15) is 5.76 Å². The van der Waals surface area contributed by atoms with Crippen LogP contribution in [0.5, 0.6) is 0 Å². The molecule has 4 heteroatoms. The maximum Gasteiger partial charge on any atom is 0.133 e.